The lowest BCUT2D eigenvalue weighted by molar-refractivity contribution is 0.102. The molecule has 1 aromatic heterocycles. The number of likely N-dealkylation sites (N-methyl/N-ethyl adjacent to an activating group) is 1. The number of para-hydroxylation sites is 2. The van der Waals surface area contributed by atoms with E-state index in [2.05, 4.69) is 62.5 Å². The molecule has 1 saturated carbocycles. The summed E-state index contributed by atoms with van der Waals surface area (Å²) in [4.78, 5) is 43.9. The third-order valence-corrected chi connectivity index (χ3v) is 7.47. The van der Waals surface area contributed by atoms with Crippen LogP contribution in [0.25, 0.3) is 0 Å². The van der Waals surface area contributed by atoms with E-state index in [1.807, 2.05) is 12.1 Å². The van der Waals surface area contributed by atoms with E-state index in [9.17, 15) is 14.4 Å². The van der Waals surface area contributed by atoms with Crippen LogP contribution in [0, 0.1) is 0 Å². The van der Waals surface area contributed by atoms with Gasteiger partial charge < -0.3 is 30.9 Å². The van der Waals surface area contributed by atoms with Crippen molar-refractivity contribution < 1.29 is 19.1 Å². The second kappa shape index (κ2) is 14.8. The molecule has 44 heavy (non-hydrogen) atoms. The van der Waals surface area contributed by atoms with E-state index >= 15 is 0 Å². The predicted molar refractivity (Wildman–Crippen MR) is 169 cm³/mol. The third kappa shape index (κ3) is 8.65. The molecule has 4 aromatic rings. The van der Waals surface area contributed by atoms with Crippen molar-refractivity contribution in [3.63, 3.8) is 0 Å². The highest BCUT2D eigenvalue weighted by atomic mass is 16.5. The SMILES string of the molecule is CN(CCNC(=O)Nc1ccccc1NC(=O)c1ccc(CNC(=O)OCc2cccnc2)cc1)C1CC1c1ccccc1. The van der Waals surface area contributed by atoms with Gasteiger partial charge in [-0.25, -0.2) is 9.59 Å². The summed E-state index contributed by atoms with van der Waals surface area (Å²) in [5.41, 5.74) is 4.37. The van der Waals surface area contributed by atoms with Crippen molar-refractivity contribution in [3.8, 4) is 0 Å². The zero-order chi connectivity index (χ0) is 30.7. The maximum atomic E-state index is 13.0. The molecule has 2 atom stereocenters. The van der Waals surface area contributed by atoms with E-state index < -0.39 is 6.09 Å². The van der Waals surface area contributed by atoms with Crippen LogP contribution >= 0.6 is 0 Å². The molecular formula is C34H36N6O4. The number of rotatable bonds is 12. The largest absolute Gasteiger partial charge is 0.445 e. The van der Waals surface area contributed by atoms with Gasteiger partial charge in [0.05, 0.1) is 11.4 Å². The number of ether oxygens (including phenoxy) is 1. The van der Waals surface area contributed by atoms with Crippen LogP contribution in [0.5, 0.6) is 0 Å². The fraction of sp³-hybridized carbons (Fsp3) is 0.235. The van der Waals surface area contributed by atoms with E-state index in [4.69, 9.17) is 4.74 Å². The van der Waals surface area contributed by atoms with Crippen LogP contribution in [0.15, 0.2) is 103 Å². The molecule has 3 aromatic carbocycles. The van der Waals surface area contributed by atoms with E-state index in [1.165, 1.54) is 5.56 Å². The first-order valence-electron chi connectivity index (χ1n) is 14.5. The number of urea groups is 1. The highest BCUT2D eigenvalue weighted by Gasteiger charge is 2.40. The topological polar surface area (TPSA) is 125 Å². The number of anilines is 2. The third-order valence-electron chi connectivity index (χ3n) is 7.47. The van der Waals surface area contributed by atoms with Gasteiger partial charge in [-0.15, -0.1) is 0 Å². The first kappa shape index (κ1) is 30.2. The first-order chi connectivity index (χ1) is 21.5. The van der Waals surface area contributed by atoms with Gasteiger partial charge in [0.1, 0.15) is 6.61 Å². The Bertz CT molecular complexity index is 1550. The molecule has 0 saturated heterocycles. The molecule has 1 heterocycles. The second-order valence-corrected chi connectivity index (χ2v) is 10.7. The number of carbonyl (C=O) groups excluding carboxylic acids is 3. The van der Waals surface area contributed by atoms with E-state index in [0.717, 1.165) is 24.1 Å². The Morgan fingerprint density at radius 2 is 1.57 bits per heavy atom. The Morgan fingerprint density at radius 3 is 2.30 bits per heavy atom. The van der Waals surface area contributed by atoms with Crippen LogP contribution < -0.4 is 21.3 Å². The normalized spacial score (nSPS) is 15.2. The van der Waals surface area contributed by atoms with Crippen molar-refractivity contribution in [1.29, 1.82) is 0 Å². The summed E-state index contributed by atoms with van der Waals surface area (Å²) >= 11 is 0. The number of pyridine rings is 1. The van der Waals surface area contributed by atoms with Crippen LogP contribution in [0.2, 0.25) is 0 Å². The molecule has 2 unspecified atom stereocenters. The van der Waals surface area contributed by atoms with Gasteiger partial charge in [-0.05, 0) is 54.9 Å². The van der Waals surface area contributed by atoms with Crippen molar-refractivity contribution in [1.82, 2.24) is 20.5 Å². The zero-order valence-corrected chi connectivity index (χ0v) is 24.5. The van der Waals surface area contributed by atoms with Crippen molar-refractivity contribution in [2.45, 2.75) is 31.5 Å². The number of amides is 4. The van der Waals surface area contributed by atoms with E-state index in [1.54, 1.807) is 67.0 Å². The lowest BCUT2D eigenvalue weighted by Crippen LogP contribution is -2.36. The van der Waals surface area contributed by atoms with Gasteiger partial charge >= 0.3 is 12.1 Å². The van der Waals surface area contributed by atoms with Crippen LogP contribution in [0.4, 0.5) is 21.0 Å². The zero-order valence-electron chi connectivity index (χ0n) is 24.5. The van der Waals surface area contributed by atoms with Gasteiger partial charge in [-0.1, -0.05) is 60.7 Å². The van der Waals surface area contributed by atoms with Crippen LogP contribution in [0.3, 0.4) is 0 Å². The van der Waals surface area contributed by atoms with Crippen LogP contribution in [-0.2, 0) is 17.9 Å². The number of nitrogens with one attached hydrogen (secondary N) is 4. The molecule has 1 aliphatic rings. The summed E-state index contributed by atoms with van der Waals surface area (Å²) in [6, 6.07) is 28.2. The van der Waals surface area contributed by atoms with E-state index in [-0.39, 0.29) is 25.1 Å². The highest BCUT2D eigenvalue weighted by molar-refractivity contribution is 6.07. The number of hydrogen-bond acceptors (Lipinski definition) is 6. The summed E-state index contributed by atoms with van der Waals surface area (Å²) < 4.78 is 5.19. The first-order valence-corrected chi connectivity index (χ1v) is 14.5. The second-order valence-electron chi connectivity index (χ2n) is 10.7. The molecule has 226 valence electrons. The Hall–Kier alpha value is -5.22. The van der Waals surface area contributed by atoms with Gasteiger partial charge in [0, 0.05) is 55.1 Å². The molecule has 10 heteroatoms. The number of nitrogens with zero attached hydrogens (tertiary/aromatic N) is 2. The highest BCUT2D eigenvalue weighted by Crippen LogP contribution is 2.43. The Balaban J connectivity index is 1.04. The minimum Gasteiger partial charge on any atom is -0.445 e. The molecule has 1 aliphatic carbocycles. The Kier molecular flexibility index (Phi) is 10.2. The maximum absolute atomic E-state index is 13.0. The van der Waals surface area contributed by atoms with Gasteiger partial charge in [0.25, 0.3) is 5.91 Å². The van der Waals surface area contributed by atoms with Gasteiger partial charge in [-0.2, -0.15) is 0 Å². The number of alkyl carbamates (subject to hydrolysis) is 1. The molecule has 0 spiro atoms. The maximum Gasteiger partial charge on any atom is 0.407 e. The average Bonchev–Trinajstić information content (AvgIpc) is 3.86. The summed E-state index contributed by atoms with van der Waals surface area (Å²) in [5.74, 6) is 0.222. The van der Waals surface area contributed by atoms with Gasteiger partial charge in [-0.3, -0.25) is 9.78 Å². The average molecular weight is 593 g/mol. The minimum atomic E-state index is -0.546. The molecule has 0 radical (unpaired) electrons. The summed E-state index contributed by atoms with van der Waals surface area (Å²) in [5, 5.41) is 11.3. The number of hydrogen-bond donors (Lipinski definition) is 4. The molecule has 10 nitrogen and oxygen atoms in total. The minimum absolute atomic E-state index is 0.129. The summed E-state index contributed by atoms with van der Waals surface area (Å²) in [6.45, 7) is 1.61. The lowest BCUT2D eigenvalue weighted by atomic mass is 10.1. The summed E-state index contributed by atoms with van der Waals surface area (Å²) in [6.07, 6.45) is 3.87. The van der Waals surface area contributed by atoms with Crippen molar-refractivity contribution in [2.75, 3.05) is 30.8 Å². The predicted octanol–water partition coefficient (Wildman–Crippen LogP) is 5.37. The molecule has 1 fully saturated rings. The summed E-state index contributed by atoms with van der Waals surface area (Å²) in [7, 11) is 2.08. The molecule has 4 amide bonds. The van der Waals surface area contributed by atoms with Crippen molar-refractivity contribution in [2.24, 2.45) is 0 Å². The molecule has 0 bridgehead atoms. The molecule has 0 aliphatic heterocycles. The standard InChI is InChI=1S/C34H36N6O4/c1-40(31-20-28(31)26-9-3-2-4-10-26)19-18-36-33(42)39-30-12-6-5-11-29(30)38-32(41)27-15-13-24(14-16-27)22-37-34(43)44-23-25-8-7-17-35-21-25/h2-17,21,28,31H,18-20,22-23H2,1H3,(H,37,43)(H,38,41)(H2,36,39,42). The fourth-order valence-corrected chi connectivity index (χ4v) is 4.93. The van der Waals surface area contributed by atoms with Gasteiger partial charge in [0.2, 0.25) is 0 Å². The number of benzene rings is 3. The fourth-order valence-electron chi connectivity index (χ4n) is 4.93. The quantitative estimate of drug-likeness (QED) is 0.175. The van der Waals surface area contributed by atoms with Crippen molar-refractivity contribution in [3.05, 3.63) is 126 Å². The molecule has 4 N–H and O–H groups in total. The molecule has 5 rings (SSSR count). The van der Waals surface area contributed by atoms with Crippen LogP contribution in [0.1, 0.15) is 39.4 Å². The smallest absolute Gasteiger partial charge is 0.407 e. The lowest BCUT2D eigenvalue weighted by Gasteiger charge is -2.18. The van der Waals surface area contributed by atoms with Crippen LogP contribution in [-0.4, -0.2) is 54.1 Å². The van der Waals surface area contributed by atoms with Gasteiger partial charge in [0.15, 0.2) is 0 Å². The molecular weight excluding hydrogens is 556 g/mol. The van der Waals surface area contributed by atoms with Crippen molar-refractivity contribution >= 4 is 29.4 Å². The number of carbonyl (C=O) groups is 3. The monoisotopic (exact) mass is 592 g/mol. The Morgan fingerprint density at radius 1 is 0.841 bits per heavy atom. The Labute approximate surface area is 256 Å². The number of aromatic nitrogens is 1. The van der Waals surface area contributed by atoms with E-state index in [0.29, 0.717) is 35.4 Å².